The lowest BCUT2D eigenvalue weighted by Crippen LogP contribution is -1.97. The average Bonchev–Trinajstić information content (AvgIpc) is 2.49. The van der Waals surface area contributed by atoms with Crippen molar-refractivity contribution in [3.8, 4) is 5.75 Å². The Balaban J connectivity index is 2.08. The van der Waals surface area contributed by atoms with Gasteiger partial charge in [0.15, 0.2) is 5.75 Å². The Morgan fingerprint density at radius 1 is 0.818 bits per heavy atom. The van der Waals surface area contributed by atoms with Crippen LogP contribution in [0.4, 0.5) is 0 Å². The molecule has 4 nitrogen and oxygen atoms in total. The lowest BCUT2D eigenvalue weighted by atomic mass is 10.1. The highest BCUT2D eigenvalue weighted by Crippen LogP contribution is 2.24. The Kier molecular flexibility index (Phi) is 5.44. The molecule has 0 N–H and O–H groups in total. The summed E-state index contributed by atoms with van der Waals surface area (Å²) in [6.07, 6.45) is 3.46. The summed E-state index contributed by atoms with van der Waals surface area (Å²) in [6.45, 7) is 5.99. The SMILES string of the molecule is COOc1c(C)cc(/C=N/N=C/c2ccc(C)cc2)cc1C. The Morgan fingerprint density at radius 3 is 1.91 bits per heavy atom. The summed E-state index contributed by atoms with van der Waals surface area (Å²) >= 11 is 0. The summed E-state index contributed by atoms with van der Waals surface area (Å²) in [6, 6.07) is 12.1. The third kappa shape index (κ3) is 4.27. The molecule has 2 aromatic carbocycles. The van der Waals surface area contributed by atoms with E-state index in [1.165, 1.54) is 12.7 Å². The molecule has 0 saturated heterocycles. The number of hydrogen-bond acceptors (Lipinski definition) is 4. The van der Waals surface area contributed by atoms with Crippen LogP contribution in [0.3, 0.4) is 0 Å². The first-order valence-electron chi connectivity index (χ1n) is 7.05. The predicted molar refractivity (Wildman–Crippen MR) is 89.9 cm³/mol. The van der Waals surface area contributed by atoms with Crippen LogP contribution in [0, 0.1) is 20.8 Å². The Hall–Kier alpha value is -2.46. The predicted octanol–water partition coefficient (Wildman–Crippen LogP) is 4.01. The van der Waals surface area contributed by atoms with E-state index in [1.807, 2.05) is 50.2 Å². The first-order valence-corrected chi connectivity index (χ1v) is 7.05. The molecule has 0 aliphatic rings. The molecule has 0 fully saturated rings. The molecule has 0 aliphatic carbocycles. The van der Waals surface area contributed by atoms with Gasteiger partial charge in [0.2, 0.25) is 0 Å². The van der Waals surface area contributed by atoms with Crippen LogP contribution in [0.5, 0.6) is 5.75 Å². The molecular formula is C18H20N2O2. The summed E-state index contributed by atoms with van der Waals surface area (Å²) in [5.41, 5.74) is 5.21. The van der Waals surface area contributed by atoms with E-state index in [4.69, 9.17) is 9.78 Å². The van der Waals surface area contributed by atoms with Gasteiger partial charge < -0.3 is 4.89 Å². The van der Waals surface area contributed by atoms with E-state index < -0.39 is 0 Å². The average molecular weight is 296 g/mol. The molecule has 0 bridgehead atoms. The molecule has 0 heterocycles. The second-order valence-corrected chi connectivity index (χ2v) is 5.13. The fourth-order valence-electron chi connectivity index (χ4n) is 2.13. The summed E-state index contributed by atoms with van der Waals surface area (Å²) < 4.78 is 0. The van der Waals surface area contributed by atoms with Gasteiger partial charge in [-0.1, -0.05) is 29.8 Å². The molecule has 2 aromatic rings. The van der Waals surface area contributed by atoms with Crippen molar-refractivity contribution in [3.05, 3.63) is 64.2 Å². The number of benzene rings is 2. The fraction of sp³-hybridized carbons (Fsp3) is 0.222. The summed E-state index contributed by atoms with van der Waals surface area (Å²) in [5.74, 6) is 0.739. The van der Waals surface area contributed by atoms with Crippen molar-refractivity contribution >= 4 is 12.4 Å². The highest BCUT2D eigenvalue weighted by Gasteiger charge is 2.06. The van der Waals surface area contributed by atoms with E-state index in [0.29, 0.717) is 0 Å². The van der Waals surface area contributed by atoms with Crippen molar-refractivity contribution in [2.24, 2.45) is 10.2 Å². The first-order chi connectivity index (χ1) is 10.6. The fourth-order valence-corrected chi connectivity index (χ4v) is 2.13. The minimum atomic E-state index is 0.739. The van der Waals surface area contributed by atoms with Crippen molar-refractivity contribution in [2.45, 2.75) is 20.8 Å². The van der Waals surface area contributed by atoms with Crippen molar-refractivity contribution in [1.82, 2.24) is 0 Å². The normalized spacial score (nSPS) is 11.5. The van der Waals surface area contributed by atoms with E-state index in [-0.39, 0.29) is 0 Å². The van der Waals surface area contributed by atoms with Crippen LogP contribution in [0.15, 0.2) is 46.6 Å². The Bertz CT molecular complexity index is 666. The quantitative estimate of drug-likeness (QED) is 0.475. The first kappa shape index (κ1) is 15.9. The second-order valence-electron chi connectivity index (χ2n) is 5.13. The molecule has 0 aromatic heterocycles. The molecule has 0 radical (unpaired) electrons. The minimum absolute atomic E-state index is 0.739. The van der Waals surface area contributed by atoms with Crippen molar-refractivity contribution in [2.75, 3.05) is 7.11 Å². The Labute approximate surface area is 131 Å². The highest BCUT2D eigenvalue weighted by atomic mass is 17.2. The van der Waals surface area contributed by atoms with Crippen molar-refractivity contribution in [1.29, 1.82) is 0 Å². The van der Waals surface area contributed by atoms with Crippen LogP contribution in [-0.4, -0.2) is 19.5 Å². The molecule has 0 unspecified atom stereocenters. The molecule has 0 atom stereocenters. The lowest BCUT2D eigenvalue weighted by molar-refractivity contribution is -0.179. The molecule has 22 heavy (non-hydrogen) atoms. The van der Waals surface area contributed by atoms with Crippen LogP contribution in [0.25, 0.3) is 0 Å². The smallest absolute Gasteiger partial charge is 0.171 e. The van der Waals surface area contributed by atoms with Crippen LogP contribution < -0.4 is 4.89 Å². The van der Waals surface area contributed by atoms with Crippen molar-refractivity contribution in [3.63, 3.8) is 0 Å². The molecule has 0 amide bonds. The van der Waals surface area contributed by atoms with Gasteiger partial charge in [-0.25, -0.2) is 0 Å². The summed E-state index contributed by atoms with van der Waals surface area (Å²) in [4.78, 5) is 9.87. The highest BCUT2D eigenvalue weighted by molar-refractivity contribution is 5.83. The second kappa shape index (κ2) is 7.52. The van der Waals surface area contributed by atoms with Gasteiger partial charge in [-0.2, -0.15) is 15.1 Å². The standard InChI is InChI=1S/C18H20N2O2/c1-13-5-7-16(8-6-13)11-19-20-12-17-9-14(2)18(22-21-4)15(3)10-17/h5-12H,1-4H3/b19-11+,20-12+. The third-order valence-corrected chi connectivity index (χ3v) is 3.21. The molecular weight excluding hydrogens is 276 g/mol. The molecule has 0 saturated carbocycles. The van der Waals surface area contributed by atoms with Gasteiger partial charge >= 0.3 is 0 Å². The van der Waals surface area contributed by atoms with E-state index in [2.05, 4.69) is 17.1 Å². The largest absolute Gasteiger partial charge is 0.337 e. The lowest BCUT2D eigenvalue weighted by Gasteiger charge is -2.09. The maximum atomic E-state index is 5.14. The van der Waals surface area contributed by atoms with Crippen LogP contribution in [0.2, 0.25) is 0 Å². The third-order valence-electron chi connectivity index (χ3n) is 3.21. The monoisotopic (exact) mass is 296 g/mol. The minimum Gasteiger partial charge on any atom is -0.337 e. The zero-order chi connectivity index (χ0) is 15.9. The van der Waals surface area contributed by atoms with Crippen LogP contribution >= 0.6 is 0 Å². The maximum absolute atomic E-state index is 5.14. The van der Waals surface area contributed by atoms with Gasteiger partial charge in [-0.3, -0.25) is 0 Å². The zero-order valence-electron chi connectivity index (χ0n) is 13.3. The van der Waals surface area contributed by atoms with Crippen molar-refractivity contribution < 1.29 is 9.78 Å². The van der Waals surface area contributed by atoms with Gasteiger partial charge in [-0.15, -0.1) is 0 Å². The van der Waals surface area contributed by atoms with Gasteiger partial charge in [0.1, 0.15) is 0 Å². The molecule has 114 valence electrons. The van der Waals surface area contributed by atoms with E-state index >= 15 is 0 Å². The van der Waals surface area contributed by atoms with Gasteiger partial charge in [0.25, 0.3) is 0 Å². The van der Waals surface area contributed by atoms with Gasteiger partial charge in [0.05, 0.1) is 19.5 Å². The number of nitrogens with zero attached hydrogens (tertiary/aromatic N) is 2. The summed E-state index contributed by atoms with van der Waals surface area (Å²) in [5, 5.41) is 8.16. The van der Waals surface area contributed by atoms with Gasteiger partial charge in [-0.05, 0) is 55.2 Å². The number of rotatable bonds is 5. The molecule has 4 heteroatoms. The Morgan fingerprint density at radius 2 is 1.36 bits per heavy atom. The van der Waals surface area contributed by atoms with E-state index in [0.717, 1.165) is 28.0 Å². The summed E-state index contributed by atoms with van der Waals surface area (Å²) in [7, 11) is 1.49. The van der Waals surface area contributed by atoms with Crippen LogP contribution in [-0.2, 0) is 4.89 Å². The topological polar surface area (TPSA) is 43.2 Å². The zero-order valence-corrected chi connectivity index (χ0v) is 13.3. The number of aryl methyl sites for hydroxylation is 3. The molecule has 0 aliphatic heterocycles. The van der Waals surface area contributed by atoms with E-state index in [9.17, 15) is 0 Å². The van der Waals surface area contributed by atoms with E-state index in [1.54, 1.807) is 12.4 Å². The maximum Gasteiger partial charge on any atom is 0.171 e. The van der Waals surface area contributed by atoms with Gasteiger partial charge in [0, 0.05) is 0 Å². The number of hydrogen-bond donors (Lipinski definition) is 0. The molecule has 0 spiro atoms. The van der Waals surface area contributed by atoms with Crippen LogP contribution in [0.1, 0.15) is 27.8 Å². The molecule has 2 rings (SSSR count).